The fraction of sp³-hybridized carbons (Fsp3) is 0.636. The van der Waals surface area contributed by atoms with Gasteiger partial charge in [-0.1, -0.05) is 18.9 Å². The SMILES string of the molecule is Cc1c(F)cccc1NC(=O)N1CC(C(=O)N2CCN(C)CC2)C2(CCCC2)C1. The van der Waals surface area contributed by atoms with Crippen molar-refractivity contribution in [2.45, 2.75) is 32.6 Å². The molecule has 158 valence electrons. The number of carbonyl (C=O) groups excluding carboxylic acids is 2. The molecule has 2 heterocycles. The summed E-state index contributed by atoms with van der Waals surface area (Å²) in [5.74, 6) is -0.260. The lowest BCUT2D eigenvalue weighted by Gasteiger charge is -2.37. The minimum absolute atomic E-state index is 0.102. The summed E-state index contributed by atoms with van der Waals surface area (Å²) in [7, 11) is 2.08. The van der Waals surface area contributed by atoms with Gasteiger partial charge in [0.1, 0.15) is 5.82 Å². The van der Waals surface area contributed by atoms with Crippen LogP contribution >= 0.6 is 0 Å². The molecule has 1 spiro atoms. The number of likely N-dealkylation sites (N-methyl/N-ethyl adjacent to an activating group) is 1. The van der Waals surface area contributed by atoms with Crippen LogP contribution in [0.3, 0.4) is 0 Å². The van der Waals surface area contributed by atoms with Crippen LogP contribution in [-0.4, -0.2) is 73.0 Å². The maximum absolute atomic E-state index is 13.8. The number of likely N-dealkylation sites (tertiary alicyclic amines) is 1. The van der Waals surface area contributed by atoms with Gasteiger partial charge in [-0.15, -0.1) is 0 Å². The van der Waals surface area contributed by atoms with Gasteiger partial charge in [-0.25, -0.2) is 9.18 Å². The van der Waals surface area contributed by atoms with E-state index >= 15 is 0 Å². The number of hydrogen-bond donors (Lipinski definition) is 1. The Morgan fingerprint density at radius 2 is 1.79 bits per heavy atom. The Labute approximate surface area is 172 Å². The van der Waals surface area contributed by atoms with Gasteiger partial charge < -0.3 is 20.0 Å². The fourth-order valence-electron chi connectivity index (χ4n) is 5.23. The maximum atomic E-state index is 13.8. The highest BCUT2D eigenvalue weighted by atomic mass is 19.1. The topological polar surface area (TPSA) is 55.9 Å². The molecule has 7 heteroatoms. The highest BCUT2D eigenvalue weighted by Gasteiger charge is 2.53. The van der Waals surface area contributed by atoms with Crippen LogP contribution in [0.25, 0.3) is 0 Å². The summed E-state index contributed by atoms with van der Waals surface area (Å²) in [6.45, 7) is 6.03. The Hall–Kier alpha value is -2.15. The molecule has 1 aliphatic carbocycles. The number of rotatable bonds is 2. The summed E-state index contributed by atoms with van der Waals surface area (Å²) >= 11 is 0. The molecule has 3 amide bonds. The van der Waals surface area contributed by atoms with Gasteiger partial charge in [-0.3, -0.25) is 4.79 Å². The molecule has 29 heavy (non-hydrogen) atoms. The summed E-state index contributed by atoms with van der Waals surface area (Å²) in [6, 6.07) is 4.46. The Morgan fingerprint density at radius 3 is 2.48 bits per heavy atom. The summed E-state index contributed by atoms with van der Waals surface area (Å²) in [6.07, 6.45) is 4.23. The van der Waals surface area contributed by atoms with Gasteiger partial charge in [0.2, 0.25) is 5.91 Å². The number of benzene rings is 1. The van der Waals surface area contributed by atoms with E-state index in [1.165, 1.54) is 6.07 Å². The first kappa shape index (κ1) is 20.1. The largest absolute Gasteiger partial charge is 0.340 e. The summed E-state index contributed by atoms with van der Waals surface area (Å²) < 4.78 is 13.8. The van der Waals surface area contributed by atoms with Gasteiger partial charge >= 0.3 is 6.03 Å². The van der Waals surface area contributed by atoms with Gasteiger partial charge in [0.15, 0.2) is 0 Å². The van der Waals surface area contributed by atoms with Crippen LogP contribution in [0, 0.1) is 24.1 Å². The first-order chi connectivity index (χ1) is 13.9. The summed E-state index contributed by atoms with van der Waals surface area (Å²) in [5.41, 5.74) is 0.819. The van der Waals surface area contributed by atoms with Crippen molar-refractivity contribution in [1.29, 1.82) is 0 Å². The number of amides is 3. The monoisotopic (exact) mass is 402 g/mol. The molecule has 0 bridgehead atoms. The van der Waals surface area contributed by atoms with E-state index in [-0.39, 0.29) is 29.1 Å². The van der Waals surface area contributed by atoms with Crippen molar-refractivity contribution in [3.63, 3.8) is 0 Å². The molecule has 1 atom stereocenters. The van der Waals surface area contributed by atoms with Crippen molar-refractivity contribution in [2.24, 2.45) is 11.3 Å². The molecule has 3 fully saturated rings. The van der Waals surface area contributed by atoms with Crippen molar-refractivity contribution < 1.29 is 14.0 Å². The normalized spacial score (nSPS) is 24.3. The van der Waals surface area contributed by atoms with Crippen molar-refractivity contribution >= 4 is 17.6 Å². The van der Waals surface area contributed by atoms with Crippen molar-refractivity contribution in [3.8, 4) is 0 Å². The third kappa shape index (κ3) is 3.84. The molecule has 2 aliphatic heterocycles. The zero-order chi connectivity index (χ0) is 20.6. The third-order valence-electron chi connectivity index (χ3n) is 7.16. The number of hydrogen-bond acceptors (Lipinski definition) is 3. The van der Waals surface area contributed by atoms with Crippen molar-refractivity contribution in [1.82, 2.24) is 14.7 Å². The lowest BCUT2D eigenvalue weighted by atomic mass is 9.76. The highest BCUT2D eigenvalue weighted by Crippen LogP contribution is 2.49. The van der Waals surface area contributed by atoms with Gasteiger partial charge in [-0.2, -0.15) is 0 Å². The zero-order valence-electron chi connectivity index (χ0n) is 17.4. The second-order valence-corrected chi connectivity index (χ2v) is 8.97. The quantitative estimate of drug-likeness (QED) is 0.828. The summed E-state index contributed by atoms with van der Waals surface area (Å²) in [4.78, 5) is 32.4. The Bertz CT molecular complexity index is 785. The fourth-order valence-corrected chi connectivity index (χ4v) is 5.23. The van der Waals surface area contributed by atoms with E-state index in [4.69, 9.17) is 0 Å². The number of halogens is 1. The molecule has 0 radical (unpaired) electrons. The minimum atomic E-state index is -0.334. The molecule has 4 rings (SSSR count). The molecular weight excluding hydrogens is 371 g/mol. The average molecular weight is 403 g/mol. The number of piperazine rings is 1. The first-order valence-corrected chi connectivity index (χ1v) is 10.7. The predicted octanol–water partition coefficient (Wildman–Crippen LogP) is 2.93. The van der Waals surface area contributed by atoms with E-state index in [1.54, 1.807) is 24.0 Å². The molecule has 1 saturated carbocycles. The molecule has 2 saturated heterocycles. The lowest BCUT2D eigenvalue weighted by Crippen LogP contribution is -2.51. The van der Waals surface area contributed by atoms with Crippen molar-refractivity contribution in [2.75, 3.05) is 51.6 Å². The van der Waals surface area contributed by atoms with Gasteiger partial charge in [-0.05, 0) is 38.9 Å². The second kappa shape index (κ2) is 7.94. The van der Waals surface area contributed by atoms with Gasteiger partial charge in [0.25, 0.3) is 0 Å². The molecule has 0 aromatic heterocycles. The predicted molar refractivity (Wildman–Crippen MR) is 110 cm³/mol. The smallest absolute Gasteiger partial charge is 0.321 e. The second-order valence-electron chi connectivity index (χ2n) is 8.97. The first-order valence-electron chi connectivity index (χ1n) is 10.7. The Balaban J connectivity index is 1.49. The Morgan fingerprint density at radius 1 is 1.10 bits per heavy atom. The number of anilines is 1. The molecule has 1 unspecified atom stereocenters. The molecule has 1 aromatic rings. The molecule has 1 aromatic carbocycles. The van der Waals surface area contributed by atoms with E-state index in [0.717, 1.165) is 51.9 Å². The average Bonchev–Trinajstić information content (AvgIpc) is 3.33. The van der Waals surface area contributed by atoms with E-state index < -0.39 is 0 Å². The maximum Gasteiger partial charge on any atom is 0.321 e. The zero-order valence-corrected chi connectivity index (χ0v) is 17.4. The highest BCUT2D eigenvalue weighted by molar-refractivity contribution is 5.91. The lowest BCUT2D eigenvalue weighted by molar-refractivity contribution is -0.139. The molecule has 3 aliphatic rings. The number of urea groups is 1. The van der Waals surface area contributed by atoms with Gasteiger partial charge in [0, 0.05) is 55.9 Å². The van der Waals surface area contributed by atoms with Crippen LogP contribution in [0.15, 0.2) is 18.2 Å². The summed E-state index contributed by atoms with van der Waals surface area (Å²) in [5, 5.41) is 2.86. The van der Waals surface area contributed by atoms with E-state index in [1.807, 2.05) is 4.90 Å². The minimum Gasteiger partial charge on any atom is -0.340 e. The number of carbonyl (C=O) groups is 2. The van der Waals surface area contributed by atoms with E-state index in [2.05, 4.69) is 17.3 Å². The standard InChI is InChI=1S/C22H31FN4O2/c1-16-18(23)6-5-7-19(16)24-21(29)27-14-17(22(15-27)8-3-4-9-22)20(28)26-12-10-25(2)11-13-26/h5-7,17H,3-4,8-15H2,1-2H3,(H,24,29). The number of nitrogens with zero attached hydrogens (tertiary/aromatic N) is 3. The van der Waals surface area contributed by atoms with E-state index in [0.29, 0.717) is 24.3 Å². The third-order valence-corrected chi connectivity index (χ3v) is 7.16. The van der Waals surface area contributed by atoms with E-state index in [9.17, 15) is 14.0 Å². The van der Waals surface area contributed by atoms with Crippen LogP contribution in [0.2, 0.25) is 0 Å². The molecule has 6 nitrogen and oxygen atoms in total. The van der Waals surface area contributed by atoms with Crippen LogP contribution < -0.4 is 5.32 Å². The molecular formula is C22H31FN4O2. The van der Waals surface area contributed by atoms with Crippen LogP contribution in [-0.2, 0) is 4.79 Å². The van der Waals surface area contributed by atoms with Crippen LogP contribution in [0.5, 0.6) is 0 Å². The number of nitrogens with one attached hydrogen (secondary N) is 1. The Kier molecular flexibility index (Phi) is 5.51. The molecule has 1 N–H and O–H groups in total. The van der Waals surface area contributed by atoms with Crippen LogP contribution in [0.4, 0.5) is 14.9 Å². The van der Waals surface area contributed by atoms with Gasteiger partial charge in [0.05, 0.1) is 5.92 Å². The van der Waals surface area contributed by atoms with Crippen molar-refractivity contribution in [3.05, 3.63) is 29.6 Å². The van der Waals surface area contributed by atoms with Crippen LogP contribution in [0.1, 0.15) is 31.2 Å².